The molecule has 2 aliphatic rings. The summed E-state index contributed by atoms with van der Waals surface area (Å²) in [5.74, 6) is 0.791. The number of anilines is 1. The van der Waals surface area contributed by atoms with Crippen molar-refractivity contribution in [2.45, 2.75) is 18.9 Å². The minimum atomic E-state index is 0.0837. The molecule has 1 amide bonds. The lowest BCUT2D eigenvalue weighted by atomic mass is 10.2. The van der Waals surface area contributed by atoms with Crippen LogP contribution in [-0.4, -0.2) is 48.6 Å². The molecule has 1 atom stereocenters. The Bertz CT molecular complexity index is 830. The third-order valence-electron chi connectivity index (χ3n) is 4.86. The number of pyridine rings is 1. The van der Waals surface area contributed by atoms with Crippen molar-refractivity contribution in [1.82, 2.24) is 9.88 Å². The van der Waals surface area contributed by atoms with E-state index in [-0.39, 0.29) is 12.0 Å². The van der Waals surface area contributed by atoms with E-state index in [2.05, 4.69) is 16.0 Å². The molecule has 2 aromatic heterocycles. The molecular weight excluding hydrogens is 348 g/mol. The number of piperazine rings is 1. The Labute approximate surface area is 156 Å². The SMILES string of the molecule is N#Cc1cccnc1N1CCN(C(=O)c2ccc(C3CCCO3)s2)CC1. The van der Waals surface area contributed by atoms with Crippen LogP contribution in [0.15, 0.2) is 30.5 Å². The van der Waals surface area contributed by atoms with Crippen LogP contribution in [0.25, 0.3) is 0 Å². The number of amides is 1. The summed E-state index contributed by atoms with van der Waals surface area (Å²) in [4.78, 5) is 23.0. The summed E-state index contributed by atoms with van der Waals surface area (Å²) in [7, 11) is 0. The van der Waals surface area contributed by atoms with Crippen LogP contribution < -0.4 is 4.90 Å². The van der Waals surface area contributed by atoms with Gasteiger partial charge in [-0.05, 0) is 37.1 Å². The highest BCUT2D eigenvalue weighted by molar-refractivity contribution is 7.14. The molecule has 0 aromatic carbocycles. The van der Waals surface area contributed by atoms with Gasteiger partial charge in [0.2, 0.25) is 0 Å². The van der Waals surface area contributed by atoms with Crippen molar-refractivity contribution in [2.24, 2.45) is 0 Å². The Hall–Kier alpha value is -2.43. The minimum absolute atomic E-state index is 0.0837. The number of nitriles is 1. The van der Waals surface area contributed by atoms with E-state index in [0.29, 0.717) is 37.6 Å². The van der Waals surface area contributed by atoms with Crippen LogP contribution in [0.2, 0.25) is 0 Å². The van der Waals surface area contributed by atoms with Crippen molar-refractivity contribution in [3.63, 3.8) is 0 Å². The van der Waals surface area contributed by atoms with E-state index in [4.69, 9.17) is 4.74 Å². The smallest absolute Gasteiger partial charge is 0.264 e. The van der Waals surface area contributed by atoms with Gasteiger partial charge in [0, 0.05) is 43.9 Å². The second-order valence-electron chi connectivity index (χ2n) is 6.47. The summed E-state index contributed by atoms with van der Waals surface area (Å²) >= 11 is 1.55. The van der Waals surface area contributed by atoms with Crippen molar-refractivity contribution in [3.8, 4) is 6.07 Å². The van der Waals surface area contributed by atoms with Crippen LogP contribution in [0, 0.1) is 11.3 Å². The first-order valence-corrected chi connectivity index (χ1v) is 9.68. The summed E-state index contributed by atoms with van der Waals surface area (Å²) in [6, 6.07) is 9.68. The van der Waals surface area contributed by atoms with Crippen LogP contribution in [0.4, 0.5) is 5.82 Å². The molecular formula is C19H20N4O2S. The summed E-state index contributed by atoms with van der Waals surface area (Å²) in [5, 5.41) is 9.24. The molecule has 26 heavy (non-hydrogen) atoms. The van der Waals surface area contributed by atoms with Gasteiger partial charge < -0.3 is 14.5 Å². The zero-order valence-electron chi connectivity index (χ0n) is 14.4. The van der Waals surface area contributed by atoms with Gasteiger partial charge in [0.05, 0.1) is 16.5 Å². The summed E-state index contributed by atoms with van der Waals surface area (Å²) in [5.41, 5.74) is 0.576. The summed E-state index contributed by atoms with van der Waals surface area (Å²) in [6.45, 7) is 3.44. The maximum atomic E-state index is 12.8. The first kappa shape index (κ1) is 17.0. The average molecular weight is 368 g/mol. The van der Waals surface area contributed by atoms with Crippen LogP contribution in [0.5, 0.6) is 0 Å². The Morgan fingerprint density at radius 1 is 1.27 bits per heavy atom. The zero-order valence-corrected chi connectivity index (χ0v) is 15.2. The Kier molecular flexibility index (Phi) is 4.87. The fourth-order valence-corrected chi connectivity index (χ4v) is 4.52. The highest BCUT2D eigenvalue weighted by atomic mass is 32.1. The number of rotatable bonds is 3. The molecule has 134 valence electrons. The van der Waals surface area contributed by atoms with Crippen molar-refractivity contribution in [3.05, 3.63) is 45.8 Å². The predicted octanol–water partition coefficient (Wildman–Crippen LogP) is 2.83. The maximum absolute atomic E-state index is 12.8. The number of carbonyl (C=O) groups excluding carboxylic acids is 1. The van der Waals surface area contributed by atoms with E-state index in [0.717, 1.165) is 29.2 Å². The third-order valence-corrected chi connectivity index (χ3v) is 6.02. The Morgan fingerprint density at radius 3 is 2.85 bits per heavy atom. The Balaban J connectivity index is 1.40. The monoisotopic (exact) mass is 368 g/mol. The van der Waals surface area contributed by atoms with Gasteiger partial charge in [-0.3, -0.25) is 4.79 Å². The number of hydrogen-bond donors (Lipinski definition) is 0. The van der Waals surface area contributed by atoms with E-state index < -0.39 is 0 Å². The van der Waals surface area contributed by atoms with Gasteiger partial charge in [0.1, 0.15) is 11.9 Å². The molecule has 0 N–H and O–H groups in total. The second kappa shape index (κ2) is 7.44. The van der Waals surface area contributed by atoms with Gasteiger partial charge in [0.15, 0.2) is 0 Å². The van der Waals surface area contributed by atoms with Crippen molar-refractivity contribution in [1.29, 1.82) is 5.26 Å². The van der Waals surface area contributed by atoms with E-state index in [1.807, 2.05) is 17.0 Å². The molecule has 1 unspecified atom stereocenters. The summed E-state index contributed by atoms with van der Waals surface area (Å²) < 4.78 is 5.71. The highest BCUT2D eigenvalue weighted by Crippen LogP contribution is 2.33. The standard InChI is InChI=1S/C19H20N4O2S/c20-13-14-3-1-7-21-18(14)22-8-10-23(11-9-22)19(24)17-6-5-16(26-17)15-4-2-12-25-15/h1,3,5-7,15H,2,4,8-12H2. The van der Waals surface area contributed by atoms with E-state index in [9.17, 15) is 10.1 Å². The van der Waals surface area contributed by atoms with Gasteiger partial charge in [-0.15, -0.1) is 11.3 Å². The van der Waals surface area contributed by atoms with Crippen molar-refractivity contribution < 1.29 is 9.53 Å². The normalized spacial score (nSPS) is 20.2. The highest BCUT2D eigenvalue weighted by Gasteiger charge is 2.26. The maximum Gasteiger partial charge on any atom is 0.264 e. The average Bonchev–Trinajstić information content (AvgIpc) is 3.39. The number of nitrogens with zero attached hydrogens (tertiary/aromatic N) is 4. The number of carbonyl (C=O) groups is 1. The molecule has 2 fully saturated rings. The molecule has 0 bridgehead atoms. The molecule has 2 aliphatic heterocycles. The topological polar surface area (TPSA) is 69.5 Å². The Morgan fingerprint density at radius 2 is 2.12 bits per heavy atom. The number of ether oxygens (including phenoxy) is 1. The van der Waals surface area contributed by atoms with Gasteiger partial charge >= 0.3 is 0 Å². The molecule has 0 radical (unpaired) electrons. The first-order valence-electron chi connectivity index (χ1n) is 8.87. The zero-order chi connectivity index (χ0) is 17.9. The fourth-order valence-electron chi connectivity index (χ4n) is 3.46. The largest absolute Gasteiger partial charge is 0.373 e. The third kappa shape index (κ3) is 3.30. The van der Waals surface area contributed by atoms with Crippen LogP contribution in [0.3, 0.4) is 0 Å². The lowest BCUT2D eigenvalue weighted by molar-refractivity contribution is 0.0751. The van der Waals surface area contributed by atoms with Crippen LogP contribution >= 0.6 is 11.3 Å². The van der Waals surface area contributed by atoms with E-state index in [1.165, 1.54) is 0 Å². The molecule has 2 aromatic rings. The van der Waals surface area contributed by atoms with Gasteiger partial charge in [-0.2, -0.15) is 5.26 Å². The number of thiophene rings is 1. The first-order chi connectivity index (χ1) is 12.8. The molecule has 4 rings (SSSR count). The second-order valence-corrected chi connectivity index (χ2v) is 7.58. The quantitative estimate of drug-likeness (QED) is 0.833. The molecule has 6 nitrogen and oxygen atoms in total. The van der Waals surface area contributed by atoms with Gasteiger partial charge in [-0.1, -0.05) is 0 Å². The molecule has 0 aliphatic carbocycles. The van der Waals surface area contributed by atoms with Crippen LogP contribution in [0.1, 0.15) is 39.1 Å². The van der Waals surface area contributed by atoms with Crippen molar-refractivity contribution in [2.75, 3.05) is 37.7 Å². The molecule has 2 saturated heterocycles. The lowest BCUT2D eigenvalue weighted by Gasteiger charge is -2.35. The fraction of sp³-hybridized carbons (Fsp3) is 0.421. The van der Waals surface area contributed by atoms with Gasteiger partial charge in [-0.25, -0.2) is 4.98 Å². The van der Waals surface area contributed by atoms with Crippen molar-refractivity contribution >= 4 is 23.1 Å². The predicted molar refractivity (Wildman–Crippen MR) is 99.3 cm³/mol. The van der Waals surface area contributed by atoms with Gasteiger partial charge in [0.25, 0.3) is 5.91 Å². The number of aromatic nitrogens is 1. The minimum Gasteiger partial charge on any atom is -0.373 e. The molecule has 0 spiro atoms. The molecule has 4 heterocycles. The van der Waals surface area contributed by atoms with E-state index in [1.54, 1.807) is 29.7 Å². The lowest BCUT2D eigenvalue weighted by Crippen LogP contribution is -2.49. The number of hydrogen-bond acceptors (Lipinski definition) is 6. The summed E-state index contributed by atoms with van der Waals surface area (Å²) in [6.07, 6.45) is 3.99. The van der Waals surface area contributed by atoms with Crippen LogP contribution in [-0.2, 0) is 4.74 Å². The molecule has 0 saturated carbocycles. The molecule has 7 heteroatoms. The van der Waals surface area contributed by atoms with E-state index >= 15 is 0 Å².